The van der Waals surface area contributed by atoms with Crippen molar-refractivity contribution in [1.82, 2.24) is 5.32 Å². The van der Waals surface area contributed by atoms with E-state index < -0.39 is 48.6 Å². The van der Waals surface area contributed by atoms with Gasteiger partial charge in [0.1, 0.15) is 36.3 Å². The fourth-order valence-electron chi connectivity index (χ4n) is 13.6. The van der Waals surface area contributed by atoms with Crippen molar-refractivity contribution in [2.24, 2.45) is 50.2 Å². The Morgan fingerprint density at radius 2 is 1.57 bits per heavy atom. The first-order chi connectivity index (χ1) is 24.7. The highest BCUT2D eigenvalue weighted by Gasteiger charge is 2.69. The van der Waals surface area contributed by atoms with Crippen molar-refractivity contribution in [2.75, 3.05) is 11.9 Å². The molecule has 1 aromatic rings. The Bertz CT molecular complexity index is 1590. The van der Waals surface area contributed by atoms with Crippen LogP contribution < -0.4 is 10.6 Å². The van der Waals surface area contributed by atoms with Gasteiger partial charge in [-0.05, 0) is 146 Å². The molecule has 0 radical (unpaired) electrons. The van der Waals surface area contributed by atoms with Gasteiger partial charge >= 0.3 is 0 Å². The average molecular weight is 757 g/mol. The van der Waals surface area contributed by atoms with E-state index in [9.17, 15) is 29.9 Å². The molecule has 53 heavy (non-hydrogen) atoms. The monoisotopic (exact) mass is 756 g/mol. The van der Waals surface area contributed by atoms with Crippen LogP contribution in [0.2, 0.25) is 0 Å². The molecule has 5 unspecified atom stereocenters. The van der Waals surface area contributed by atoms with Gasteiger partial charge in [0.25, 0.3) is 0 Å². The number of thiocarbonyl (C=S) groups is 1. The van der Waals surface area contributed by atoms with Gasteiger partial charge in [-0.3, -0.25) is 0 Å². The SMILES string of the molecule is CC1(C)CC[C@]2([C@H](O)[C@H]3OC(CO)[C@@H](O)[C@H](O)C3O)CC[C@]3(C)C(=CCC4[C@@]5(C)CC[C@H](NC(=S)Nc6ccc(F)cc6)C(C)(C)C5CC[C@]43C)C2C1. The second kappa shape index (κ2) is 13.5. The van der Waals surface area contributed by atoms with Crippen molar-refractivity contribution in [1.29, 1.82) is 0 Å². The smallest absolute Gasteiger partial charge is 0.171 e. The van der Waals surface area contributed by atoms with Crippen molar-refractivity contribution in [2.45, 2.75) is 155 Å². The van der Waals surface area contributed by atoms with E-state index in [1.165, 1.54) is 17.7 Å². The van der Waals surface area contributed by atoms with Gasteiger partial charge in [-0.25, -0.2) is 4.39 Å². The van der Waals surface area contributed by atoms with Gasteiger partial charge in [0.05, 0.1) is 12.7 Å². The zero-order chi connectivity index (χ0) is 38.5. The zero-order valence-electron chi connectivity index (χ0n) is 32.9. The topological polar surface area (TPSA) is 134 Å². The van der Waals surface area contributed by atoms with Crippen LogP contribution in [0.1, 0.15) is 113 Å². The molecule has 0 amide bonds. The van der Waals surface area contributed by atoms with Crippen LogP contribution in [0.25, 0.3) is 0 Å². The minimum absolute atomic E-state index is 0.0155. The largest absolute Gasteiger partial charge is 0.394 e. The molecule has 7 N–H and O–H groups in total. The third-order valence-corrected chi connectivity index (χ3v) is 17.2. The fourth-order valence-corrected chi connectivity index (χ4v) is 13.9. The number of anilines is 1. The molecular formula is C43H65FN2O6S. The van der Waals surface area contributed by atoms with Crippen LogP contribution in [0.15, 0.2) is 35.9 Å². The van der Waals surface area contributed by atoms with Crippen molar-refractivity contribution >= 4 is 23.0 Å². The summed E-state index contributed by atoms with van der Waals surface area (Å²) in [4.78, 5) is 0. The maximum atomic E-state index is 13.5. The number of fused-ring (bicyclic) bond motifs is 7. The average Bonchev–Trinajstić information content (AvgIpc) is 3.09. The Balaban J connectivity index is 1.17. The highest BCUT2D eigenvalue weighted by Crippen LogP contribution is 2.76. The molecular weight excluding hydrogens is 692 g/mol. The van der Waals surface area contributed by atoms with Crippen LogP contribution in [0.5, 0.6) is 0 Å². The van der Waals surface area contributed by atoms with Crippen molar-refractivity contribution in [3.05, 3.63) is 41.7 Å². The summed E-state index contributed by atoms with van der Waals surface area (Å²) in [6, 6.07) is 6.50. The normalized spacial score (nSPS) is 46.4. The molecule has 4 saturated carbocycles. The standard InChI is InChI=1S/C43H65FN2O6S/c1-38(2)18-20-43(36(51)35-34(50)33(49)32(48)28(23-47)52-35)21-19-41(6)26(27(43)22-38)12-13-30-40(5)16-15-31(39(3,4)29(40)14-17-42(30,41)7)46-37(53)45-25-10-8-24(44)9-11-25/h8-12,27-36,47-51H,13-23H2,1-7H3,(H2,45,46,53)/t27?,28?,29?,30?,31-,32+,33-,34?,35-,36+,40-,41+,42+,43-/m0/s1. The maximum absolute atomic E-state index is 13.5. The summed E-state index contributed by atoms with van der Waals surface area (Å²) in [5, 5.41) is 62.4. The summed E-state index contributed by atoms with van der Waals surface area (Å²) in [6.45, 7) is 16.6. The molecule has 14 atom stereocenters. The Morgan fingerprint density at radius 3 is 2.25 bits per heavy atom. The molecule has 0 spiro atoms. The van der Waals surface area contributed by atoms with Crippen LogP contribution in [0, 0.1) is 56.1 Å². The minimum Gasteiger partial charge on any atom is -0.394 e. The van der Waals surface area contributed by atoms with E-state index in [4.69, 9.17) is 17.0 Å². The minimum atomic E-state index is -1.51. The number of benzene rings is 1. The molecule has 1 saturated heterocycles. The van der Waals surface area contributed by atoms with Gasteiger partial charge in [0, 0.05) is 17.1 Å². The van der Waals surface area contributed by atoms with Crippen molar-refractivity contribution in [3.8, 4) is 0 Å². The summed E-state index contributed by atoms with van der Waals surface area (Å²) in [5.41, 5.74) is 1.86. The van der Waals surface area contributed by atoms with Gasteiger partial charge in [-0.2, -0.15) is 0 Å². The fraction of sp³-hybridized carbons (Fsp3) is 0.791. The Labute approximate surface area is 321 Å². The van der Waals surface area contributed by atoms with Crippen LogP contribution in [-0.2, 0) is 4.74 Å². The number of ether oxygens (including phenoxy) is 1. The third-order valence-electron chi connectivity index (χ3n) is 17.0. The molecule has 0 bridgehead atoms. The lowest BCUT2D eigenvalue weighted by Gasteiger charge is -2.72. The number of aliphatic hydroxyl groups is 5. The third kappa shape index (κ3) is 6.06. The molecule has 10 heteroatoms. The zero-order valence-corrected chi connectivity index (χ0v) is 33.7. The molecule has 5 fully saturated rings. The lowest BCUT2D eigenvalue weighted by molar-refractivity contribution is -0.272. The molecule has 6 aliphatic rings. The number of hydrogen-bond acceptors (Lipinski definition) is 7. The number of nitrogens with one attached hydrogen (secondary N) is 2. The van der Waals surface area contributed by atoms with E-state index in [2.05, 4.69) is 65.2 Å². The molecule has 5 aliphatic carbocycles. The van der Waals surface area contributed by atoms with Gasteiger partial charge in [-0.15, -0.1) is 0 Å². The highest BCUT2D eigenvalue weighted by atomic mass is 32.1. The number of aliphatic hydroxyl groups excluding tert-OH is 5. The lowest BCUT2D eigenvalue weighted by Crippen LogP contribution is -2.68. The lowest BCUT2D eigenvalue weighted by atomic mass is 9.33. The van der Waals surface area contributed by atoms with Crippen LogP contribution in [0.4, 0.5) is 10.1 Å². The highest BCUT2D eigenvalue weighted by molar-refractivity contribution is 7.80. The van der Waals surface area contributed by atoms with Crippen LogP contribution in [0.3, 0.4) is 0 Å². The Hall–Kier alpha value is -1.66. The van der Waals surface area contributed by atoms with Crippen LogP contribution in [-0.4, -0.2) is 79.9 Å². The molecule has 7 rings (SSSR count). The van der Waals surface area contributed by atoms with Gasteiger partial charge in [0.2, 0.25) is 0 Å². The van der Waals surface area contributed by atoms with E-state index in [-0.39, 0.29) is 44.9 Å². The van der Waals surface area contributed by atoms with Crippen LogP contribution >= 0.6 is 12.2 Å². The van der Waals surface area contributed by atoms with E-state index in [0.29, 0.717) is 16.9 Å². The van der Waals surface area contributed by atoms with Gasteiger partial charge in [-0.1, -0.05) is 60.1 Å². The molecule has 8 nitrogen and oxygen atoms in total. The predicted molar refractivity (Wildman–Crippen MR) is 208 cm³/mol. The number of halogens is 1. The molecule has 296 valence electrons. The van der Waals surface area contributed by atoms with E-state index in [1.54, 1.807) is 12.1 Å². The van der Waals surface area contributed by atoms with E-state index >= 15 is 0 Å². The van der Waals surface area contributed by atoms with Gasteiger partial charge < -0.3 is 40.9 Å². The summed E-state index contributed by atoms with van der Waals surface area (Å²) < 4.78 is 19.6. The first-order valence-electron chi connectivity index (χ1n) is 20.3. The number of rotatable bonds is 5. The van der Waals surface area contributed by atoms with Crippen molar-refractivity contribution in [3.63, 3.8) is 0 Å². The quantitative estimate of drug-likeness (QED) is 0.133. The summed E-state index contributed by atoms with van der Waals surface area (Å²) in [5.74, 6) is 0.801. The molecule has 1 heterocycles. The summed E-state index contributed by atoms with van der Waals surface area (Å²) in [6.07, 6.45) is 4.66. The maximum Gasteiger partial charge on any atom is 0.171 e. The number of allylic oxidation sites excluding steroid dienone is 2. The summed E-state index contributed by atoms with van der Waals surface area (Å²) in [7, 11) is 0. The molecule has 1 aromatic carbocycles. The molecule has 1 aliphatic heterocycles. The second-order valence-corrected chi connectivity index (χ2v) is 20.6. The number of hydrogen-bond donors (Lipinski definition) is 7. The molecule has 0 aromatic heterocycles. The van der Waals surface area contributed by atoms with Gasteiger partial charge in [0.15, 0.2) is 5.11 Å². The van der Waals surface area contributed by atoms with Crippen molar-refractivity contribution < 1.29 is 34.7 Å². The first kappa shape index (κ1) is 39.6. The summed E-state index contributed by atoms with van der Waals surface area (Å²) >= 11 is 5.78. The predicted octanol–water partition coefficient (Wildman–Crippen LogP) is 6.49. The Morgan fingerprint density at radius 1 is 0.887 bits per heavy atom. The van der Waals surface area contributed by atoms with E-state index in [0.717, 1.165) is 69.9 Å². The Kier molecular flexibility index (Phi) is 10.1. The second-order valence-electron chi connectivity index (χ2n) is 20.2. The first-order valence-corrected chi connectivity index (χ1v) is 20.7. The van der Waals surface area contributed by atoms with E-state index in [1.807, 2.05) is 0 Å².